The second-order valence-electron chi connectivity index (χ2n) is 3.48. The summed E-state index contributed by atoms with van der Waals surface area (Å²) in [4.78, 5) is 10.2. The average Bonchev–Trinajstić information content (AvgIpc) is 2.70. The molecule has 0 aromatic carbocycles. The summed E-state index contributed by atoms with van der Waals surface area (Å²) in [5.74, 6) is -0.0162. The topological polar surface area (TPSA) is 61.0 Å². The molecule has 5 nitrogen and oxygen atoms in total. The van der Waals surface area contributed by atoms with Gasteiger partial charge in [0.1, 0.15) is 3.57 Å². The Balaban J connectivity index is 2.27. The Labute approximate surface area is 94.8 Å². The molecule has 76 valence electrons. The van der Waals surface area contributed by atoms with Crippen LogP contribution in [-0.2, 0) is 0 Å². The number of rotatable bonds is 2. The van der Waals surface area contributed by atoms with E-state index in [1.807, 2.05) is 22.6 Å². The molecule has 0 N–H and O–H groups in total. The smallest absolute Gasteiger partial charge is 0.358 e. The Bertz CT molecular complexity index is 357. The third-order valence-corrected chi connectivity index (χ3v) is 3.30. The number of halogens is 1. The summed E-state index contributed by atoms with van der Waals surface area (Å²) < 4.78 is 2.38. The van der Waals surface area contributed by atoms with Crippen LogP contribution < -0.4 is 0 Å². The Morgan fingerprint density at radius 1 is 1.57 bits per heavy atom. The molecule has 0 unspecified atom stereocenters. The summed E-state index contributed by atoms with van der Waals surface area (Å²) in [7, 11) is 0. The Morgan fingerprint density at radius 3 is 2.71 bits per heavy atom. The Morgan fingerprint density at radius 2 is 2.21 bits per heavy atom. The minimum absolute atomic E-state index is 0.0162. The van der Waals surface area contributed by atoms with Gasteiger partial charge in [0.05, 0.1) is 17.3 Å². The molecule has 1 saturated carbocycles. The van der Waals surface area contributed by atoms with E-state index in [1.54, 1.807) is 10.9 Å². The largest absolute Gasteiger partial charge is 0.403 e. The van der Waals surface area contributed by atoms with Crippen molar-refractivity contribution in [2.45, 2.75) is 31.7 Å². The van der Waals surface area contributed by atoms with Crippen LogP contribution in [0.5, 0.6) is 0 Å². The van der Waals surface area contributed by atoms with E-state index < -0.39 is 4.92 Å². The van der Waals surface area contributed by atoms with E-state index in [2.05, 4.69) is 5.10 Å². The van der Waals surface area contributed by atoms with Gasteiger partial charge in [-0.25, -0.2) is 0 Å². The molecule has 0 bridgehead atoms. The highest BCUT2D eigenvalue weighted by atomic mass is 127. The lowest BCUT2D eigenvalue weighted by Crippen LogP contribution is -2.05. The van der Waals surface area contributed by atoms with E-state index in [1.165, 1.54) is 12.8 Å². The zero-order chi connectivity index (χ0) is 10.1. The zero-order valence-electron chi connectivity index (χ0n) is 7.52. The third-order valence-electron chi connectivity index (χ3n) is 2.54. The van der Waals surface area contributed by atoms with Crippen LogP contribution in [0.2, 0.25) is 0 Å². The first-order chi connectivity index (χ1) is 6.68. The van der Waals surface area contributed by atoms with E-state index in [0.717, 1.165) is 12.8 Å². The van der Waals surface area contributed by atoms with Crippen molar-refractivity contribution in [3.63, 3.8) is 0 Å². The number of nitrogens with zero attached hydrogens (tertiary/aromatic N) is 3. The van der Waals surface area contributed by atoms with Gasteiger partial charge in [-0.05, 0) is 40.4 Å². The Hall–Kier alpha value is -0.660. The monoisotopic (exact) mass is 307 g/mol. The molecular weight excluding hydrogens is 297 g/mol. The van der Waals surface area contributed by atoms with Gasteiger partial charge in [0, 0.05) is 0 Å². The summed E-state index contributed by atoms with van der Waals surface area (Å²) in [5, 5.41) is 14.6. The van der Waals surface area contributed by atoms with Gasteiger partial charge in [-0.2, -0.15) is 4.68 Å². The molecule has 1 heterocycles. The maximum atomic E-state index is 10.6. The summed E-state index contributed by atoms with van der Waals surface area (Å²) in [6.45, 7) is 0. The first-order valence-corrected chi connectivity index (χ1v) is 5.65. The van der Waals surface area contributed by atoms with Crippen LogP contribution in [0.25, 0.3) is 0 Å². The molecule has 0 spiro atoms. The summed E-state index contributed by atoms with van der Waals surface area (Å²) in [6, 6.07) is 0.372. The van der Waals surface area contributed by atoms with Crippen molar-refractivity contribution in [3.8, 4) is 0 Å². The lowest BCUT2D eigenvalue weighted by atomic mass is 10.3. The SMILES string of the molecule is O=[N+]([O-])c1nn(C2CCCC2)cc1I. The summed E-state index contributed by atoms with van der Waals surface area (Å²) in [5.41, 5.74) is 0. The molecule has 14 heavy (non-hydrogen) atoms. The highest BCUT2D eigenvalue weighted by Crippen LogP contribution is 2.31. The van der Waals surface area contributed by atoms with Gasteiger partial charge in [0.25, 0.3) is 0 Å². The van der Waals surface area contributed by atoms with E-state index in [4.69, 9.17) is 0 Å². The number of nitro groups is 1. The van der Waals surface area contributed by atoms with Crippen LogP contribution in [-0.4, -0.2) is 14.7 Å². The quantitative estimate of drug-likeness (QED) is 0.479. The van der Waals surface area contributed by atoms with Crippen molar-refractivity contribution in [1.82, 2.24) is 9.78 Å². The van der Waals surface area contributed by atoms with Gasteiger partial charge >= 0.3 is 5.82 Å². The van der Waals surface area contributed by atoms with Crippen LogP contribution >= 0.6 is 22.6 Å². The minimum atomic E-state index is -0.423. The number of aromatic nitrogens is 2. The predicted octanol–water partition coefficient (Wildman–Crippen LogP) is 2.51. The molecular formula is C8H10IN3O2. The van der Waals surface area contributed by atoms with Crippen molar-refractivity contribution < 1.29 is 4.92 Å². The first kappa shape index (κ1) is 9.88. The van der Waals surface area contributed by atoms with Gasteiger partial charge in [-0.3, -0.25) is 0 Å². The molecule has 0 radical (unpaired) electrons. The van der Waals surface area contributed by atoms with Gasteiger partial charge in [0.15, 0.2) is 0 Å². The molecule has 0 aliphatic heterocycles. The molecule has 1 fully saturated rings. The van der Waals surface area contributed by atoms with Crippen LogP contribution in [0.4, 0.5) is 5.82 Å². The van der Waals surface area contributed by atoms with Crippen LogP contribution in [0.1, 0.15) is 31.7 Å². The zero-order valence-corrected chi connectivity index (χ0v) is 9.68. The molecule has 1 aliphatic carbocycles. The van der Waals surface area contributed by atoms with E-state index in [9.17, 15) is 10.1 Å². The lowest BCUT2D eigenvalue weighted by Gasteiger charge is -2.03. The maximum absolute atomic E-state index is 10.6. The fourth-order valence-corrected chi connectivity index (χ4v) is 2.43. The van der Waals surface area contributed by atoms with Crippen molar-refractivity contribution in [2.24, 2.45) is 0 Å². The van der Waals surface area contributed by atoms with E-state index in [0.29, 0.717) is 9.61 Å². The standard InChI is InChI=1S/C8H10IN3O2/c9-7-5-11(6-3-1-2-4-6)10-8(7)12(13)14/h5-6H,1-4H2. The molecule has 6 heteroatoms. The number of hydrogen-bond acceptors (Lipinski definition) is 3. The first-order valence-electron chi connectivity index (χ1n) is 4.57. The Kier molecular flexibility index (Phi) is 2.71. The predicted molar refractivity (Wildman–Crippen MR) is 59.1 cm³/mol. The van der Waals surface area contributed by atoms with E-state index in [-0.39, 0.29) is 5.82 Å². The lowest BCUT2D eigenvalue weighted by molar-refractivity contribution is -0.390. The van der Waals surface area contributed by atoms with Crippen LogP contribution in [0.15, 0.2) is 6.20 Å². The summed E-state index contributed by atoms with van der Waals surface area (Å²) >= 11 is 1.96. The molecule has 0 amide bonds. The fraction of sp³-hybridized carbons (Fsp3) is 0.625. The highest BCUT2D eigenvalue weighted by Gasteiger charge is 2.25. The molecule has 2 rings (SSSR count). The highest BCUT2D eigenvalue weighted by molar-refractivity contribution is 14.1. The molecule has 0 atom stereocenters. The number of hydrogen-bond donors (Lipinski definition) is 0. The van der Waals surface area contributed by atoms with Crippen molar-refractivity contribution in [3.05, 3.63) is 19.9 Å². The van der Waals surface area contributed by atoms with Crippen molar-refractivity contribution in [2.75, 3.05) is 0 Å². The van der Waals surface area contributed by atoms with Gasteiger partial charge < -0.3 is 10.1 Å². The minimum Gasteiger partial charge on any atom is -0.358 e. The molecule has 1 aromatic rings. The van der Waals surface area contributed by atoms with Gasteiger partial charge in [0.2, 0.25) is 0 Å². The third kappa shape index (κ3) is 1.75. The molecule has 1 aromatic heterocycles. The van der Waals surface area contributed by atoms with Crippen molar-refractivity contribution >= 4 is 28.4 Å². The summed E-state index contributed by atoms with van der Waals surface area (Å²) in [6.07, 6.45) is 6.36. The fourth-order valence-electron chi connectivity index (χ4n) is 1.84. The van der Waals surface area contributed by atoms with Crippen LogP contribution in [0.3, 0.4) is 0 Å². The molecule has 1 aliphatic rings. The van der Waals surface area contributed by atoms with Crippen LogP contribution in [0, 0.1) is 13.7 Å². The van der Waals surface area contributed by atoms with Crippen molar-refractivity contribution in [1.29, 1.82) is 0 Å². The molecule has 0 saturated heterocycles. The second kappa shape index (κ2) is 3.84. The second-order valence-corrected chi connectivity index (χ2v) is 4.64. The normalized spacial score (nSPS) is 17.5. The van der Waals surface area contributed by atoms with E-state index >= 15 is 0 Å². The van der Waals surface area contributed by atoms with Gasteiger partial charge in [-0.15, -0.1) is 0 Å². The van der Waals surface area contributed by atoms with Gasteiger partial charge in [-0.1, -0.05) is 12.8 Å². The maximum Gasteiger partial charge on any atom is 0.403 e. The average molecular weight is 307 g/mol.